The molecule has 0 radical (unpaired) electrons. The number of sulfonamides is 1. The lowest BCUT2D eigenvalue weighted by atomic mass is 9.97. The molecule has 150 valence electrons. The van der Waals surface area contributed by atoms with Crippen LogP contribution in [0.2, 0.25) is 10.0 Å². The Morgan fingerprint density at radius 1 is 1.11 bits per heavy atom. The largest absolute Gasteiger partial charge is 0.340 e. The van der Waals surface area contributed by atoms with E-state index in [9.17, 15) is 13.2 Å². The Hall–Kier alpha value is -0.860. The minimum atomic E-state index is -3.24. The predicted octanol–water partition coefficient (Wildman–Crippen LogP) is 2.31. The summed E-state index contributed by atoms with van der Waals surface area (Å²) in [6.45, 7) is 4.49. The maximum atomic E-state index is 12.8. The van der Waals surface area contributed by atoms with Crippen LogP contribution in [0.4, 0.5) is 0 Å². The highest BCUT2D eigenvalue weighted by molar-refractivity contribution is 7.88. The van der Waals surface area contributed by atoms with Gasteiger partial charge in [0.2, 0.25) is 15.9 Å². The van der Waals surface area contributed by atoms with Gasteiger partial charge in [-0.2, -0.15) is 0 Å². The number of rotatable bonds is 4. The van der Waals surface area contributed by atoms with Gasteiger partial charge >= 0.3 is 0 Å². The molecule has 0 bridgehead atoms. The van der Waals surface area contributed by atoms with Crippen molar-refractivity contribution in [2.75, 3.05) is 45.5 Å². The van der Waals surface area contributed by atoms with E-state index < -0.39 is 10.0 Å². The number of piperazine rings is 1. The summed E-state index contributed by atoms with van der Waals surface area (Å²) in [4.78, 5) is 17.0. The molecular formula is C18H25Cl2N3O3S. The van der Waals surface area contributed by atoms with Crippen molar-refractivity contribution in [1.82, 2.24) is 14.1 Å². The van der Waals surface area contributed by atoms with Crippen LogP contribution in [-0.2, 0) is 21.4 Å². The fourth-order valence-corrected chi connectivity index (χ4v) is 4.96. The standard InChI is InChI=1S/C18H25Cl2N3O3S/c1-27(25,26)23-6-2-3-15(13-23)18(24)22-9-7-21(8-10-22)12-14-4-5-16(19)17(20)11-14/h4-5,11,15H,2-3,6-10,12-13H2,1H3/t15-/m1/s1. The van der Waals surface area contributed by atoms with Gasteiger partial charge in [-0.1, -0.05) is 29.3 Å². The minimum Gasteiger partial charge on any atom is -0.340 e. The molecule has 2 aliphatic heterocycles. The normalized spacial score (nSPS) is 22.8. The van der Waals surface area contributed by atoms with E-state index in [4.69, 9.17) is 23.2 Å². The molecule has 9 heteroatoms. The Morgan fingerprint density at radius 3 is 2.44 bits per heavy atom. The van der Waals surface area contributed by atoms with E-state index in [0.29, 0.717) is 36.2 Å². The molecule has 0 aliphatic carbocycles. The zero-order valence-corrected chi connectivity index (χ0v) is 17.7. The number of carbonyl (C=O) groups excluding carboxylic acids is 1. The van der Waals surface area contributed by atoms with Crippen molar-refractivity contribution in [3.05, 3.63) is 33.8 Å². The lowest BCUT2D eigenvalue weighted by Crippen LogP contribution is -2.52. The fraction of sp³-hybridized carbons (Fsp3) is 0.611. The van der Waals surface area contributed by atoms with Gasteiger partial charge in [0.05, 0.1) is 22.2 Å². The highest BCUT2D eigenvalue weighted by Gasteiger charge is 2.33. The van der Waals surface area contributed by atoms with E-state index in [1.54, 1.807) is 6.07 Å². The fourth-order valence-electron chi connectivity index (χ4n) is 3.73. The molecule has 2 saturated heterocycles. The van der Waals surface area contributed by atoms with Crippen molar-refractivity contribution >= 4 is 39.1 Å². The van der Waals surface area contributed by atoms with Gasteiger partial charge in [0.25, 0.3) is 0 Å². The third kappa shape index (κ3) is 5.35. The lowest BCUT2D eigenvalue weighted by Gasteiger charge is -2.38. The molecular weight excluding hydrogens is 409 g/mol. The van der Waals surface area contributed by atoms with Crippen molar-refractivity contribution in [3.8, 4) is 0 Å². The van der Waals surface area contributed by atoms with Gasteiger partial charge in [0.1, 0.15) is 0 Å². The summed E-state index contributed by atoms with van der Waals surface area (Å²) in [5, 5.41) is 1.10. The zero-order valence-electron chi connectivity index (χ0n) is 15.4. The smallest absolute Gasteiger partial charge is 0.227 e. The van der Waals surface area contributed by atoms with Crippen molar-refractivity contribution in [3.63, 3.8) is 0 Å². The molecule has 6 nitrogen and oxygen atoms in total. The van der Waals surface area contributed by atoms with Crippen LogP contribution in [0.15, 0.2) is 18.2 Å². The van der Waals surface area contributed by atoms with E-state index in [2.05, 4.69) is 4.90 Å². The SMILES string of the molecule is CS(=O)(=O)N1CCC[C@@H](C(=O)N2CCN(Cc3ccc(Cl)c(Cl)c3)CC2)C1. The second-order valence-corrected chi connectivity index (χ2v) is 10.1. The van der Waals surface area contributed by atoms with Gasteiger partial charge in [0, 0.05) is 45.8 Å². The molecule has 1 aromatic rings. The average Bonchev–Trinajstić information content (AvgIpc) is 2.64. The monoisotopic (exact) mass is 433 g/mol. The molecule has 0 aromatic heterocycles. The Morgan fingerprint density at radius 2 is 1.81 bits per heavy atom. The summed E-state index contributed by atoms with van der Waals surface area (Å²) in [5.41, 5.74) is 1.10. The highest BCUT2D eigenvalue weighted by Crippen LogP contribution is 2.24. The summed E-state index contributed by atoms with van der Waals surface area (Å²) in [6, 6.07) is 5.65. The first-order valence-corrected chi connectivity index (χ1v) is 11.7. The molecule has 2 heterocycles. The summed E-state index contributed by atoms with van der Waals surface area (Å²) in [5.74, 6) is -0.146. The Kier molecular flexibility index (Phi) is 6.69. The summed E-state index contributed by atoms with van der Waals surface area (Å²) >= 11 is 12.0. The van der Waals surface area contributed by atoms with Gasteiger partial charge in [-0.3, -0.25) is 9.69 Å². The van der Waals surface area contributed by atoms with Crippen LogP contribution < -0.4 is 0 Å². The van der Waals surface area contributed by atoms with Crippen LogP contribution >= 0.6 is 23.2 Å². The van der Waals surface area contributed by atoms with Crippen molar-refractivity contribution in [1.29, 1.82) is 0 Å². The van der Waals surface area contributed by atoms with Crippen LogP contribution in [0.1, 0.15) is 18.4 Å². The third-order valence-corrected chi connectivity index (χ3v) is 7.29. The maximum Gasteiger partial charge on any atom is 0.227 e. The Labute approximate surface area is 171 Å². The molecule has 1 atom stereocenters. The van der Waals surface area contributed by atoms with Crippen LogP contribution in [0.25, 0.3) is 0 Å². The number of hydrogen-bond donors (Lipinski definition) is 0. The van der Waals surface area contributed by atoms with Crippen LogP contribution in [0.3, 0.4) is 0 Å². The molecule has 1 amide bonds. The lowest BCUT2D eigenvalue weighted by molar-refractivity contribution is -0.138. The number of piperidine rings is 1. The molecule has 27 heavy (non-hydrogen) atoms. The molecule has 0 spiro atoms. The number of carbonyl (C=O) groups is 1. The van der Waals surface area contributed by atoms with Crippen molar-refractivity contribution in [2.45, 2.75) is 19.4 Å². The Bertz CT molecular complexity index is 795. The second-order valence-electron chi connectivity index (χ2n) is 7.31. The number of hydrogen-bond acceptors (Lipinski definition) is 4. The number of benzene rings is 1. The summed E-state index contributed by atoms with van der Waals surface area (Å²) in [7, 11) is -3.24. The summed E-state index contributed by atoms with van der Waals surface area (Å²) < 4.78 is 25.0. The van der Waals surface area contributed by atoms with E-state index in [-0.39, 0.29) is 11.8 Å². The van der Waals surface area contributed by atoms with Crippen molar-refractivity contribution < 1.29 is 13.2 Å². The Balaban J connectivity index is 1.52. The first-order valence-electron chi connectivity index (χ1n) is 9.14. The molecule has 1 aromatic carbocycles. The maximum absolute atomic E-state index is 12.8. The number of halogens is 2. The first kappa shape index (κ1) is 20.9. The molecule has 3 rings (SSSR count). The van der Waals surface area contributed by atoms with Gasteiger partial charge < -0.3 is 4.90 Å². The minimum absolute atomic E-state index is 0.0811. The first-order chi connectivity index (χ1) is 12.7. The molecule has 2 aliphatic rings. The zero-order chi connectivity index (χ0) is 19.6. The van der Waals surface area contributed by atoms with Crippen LogP contribution in [0, 0.1) is 5.92 Å². The number of amides is 1. The number of nitrogens with zero attached hydrogens (tertiary/aromatic N) is 3. The topological polar surface area (TPSA) is 60.9 Å². The second kappa shape index (κ2) is 8.66. The van der Waals surface area contributed by atoms with Crippen molar-refractivity contribution in [2.24, 2.45) is 5.92 Å². The third-order valence-electron chi connectivity index (χ3n) is 5.28. The average molecular weight is 434 g/mol. The van der Waals surface area contributed by atoms with Crippen LogP contribution in [0.5, 0.6) is 0 Å². The predicted molar refractivity (Wildman–Crippen MR) is 107 cm³/mol. The van der Waals surface area contributed by atoms with Gasteiger partial charge in [-0.15, -0.1) is 0 Å². The van der Waals surface area contributed by atoms with Gasteiger partial charge in [-0.25, -0.2) is 12.7 Å². The van der Waals surface area contributed by atoms with Gasteiger partial charge in [-0.05, 0) is 30.5 Å². The van der Waals surface area contributed by atoms with E-state index in [1.165, 1.54) is 10.6 Å². The molecule has 0 N–H and O–H groups in total. The van der Waals surface area contributed by atoms with E-state index in [1.807, 2.05) is 17.0 Å². The van der Waals surface area contributed by atoms with Crippen LogP contribution in [-0.4, -0.2) is 74.0 Å². The highest BCUT2D eigenvalue weighted by atomic mass is 35.5. The van der Waals surface area contributed by atoms with E-state index >= 15 is 0 Å². The molecule has 2 fully saturated rings. The molecule has 0 saturated carbocycles. The molecule has 0 unspecified atom stereocenters. The summed E-state index contributed by atoms with van der Waals surface area (Å²) in [6.07, 6.45) is 2.71. The quantitative estimate of drug-likeness (QED) is 0.730. The van der Waals surface area contributed by atoms with Gasteiger partial charge in [0.15, 0.2) is 0 Å². The van der Waals surface area contributed by atoms with E-state index in [0.717, 1.165) is 38.0 Å².